The number of carbonyl (C=O) groups is 1. The molecule has 102 valence electrons. The van der Waals surface area contributed by atoms with Crippen molar-refractivity contribution >= 4 is 44.8 Å². The third-order valence-corrected chi connectivity index (χ3v) is 5.34. The maximum absolute atomic E-state index is 11.7. The minimum absolute atomic E-state index is 0.217. The van der Waals surface area contributed by atoms with Crippen molar-refractivity contribution in [3.8, 4) is 0 Å². The molecule has 0 amide bonds. The molecule has 0 aliphatic heterocycles. The summed E-state index contributed by atoms with van der Waals surface area (Å²) in [6, 6.07) is 1.69. The fourth-order valence-corrected chi connectivity index (χ4v) is 3.31. The number of esters is 1. The number of hydrogen-bond donors (Lipinski definition) is 1. The van der Waals surface area contributed by atoms with Gasteiger partial charge in [-0.3, -0.25) is 10.1 Å². The predicted molar refractivity (Wildman–Crippen MR) is 79.1 cm³/mol. The predicted octanol–water partition coefficient (Wildman–Crippen LogP) is 3.84. The Labute approximate surface area is 125 Å². The van der Waals surface area contributed by atoms with Crippen LogP contribution in [0.5, 0.6) is 0 Å². The van der Waals surface area contributed by atoms with Gasteiger partial charge in [-0.15, -0.1) is 11.3 Å². The smallest absolute Gasteiger partial charge is 0.323 e. The molecule has 0 saturated heterocycles. The number of halogens is 2. The van der Waals surface area contributed by atoms with Gasteiger partial charge in [0.15, 0.2) is 0 Å². The van der Waals surface area contributed by atoms with Crippen LogP contribution >= 0.6 is 38.9 Å². The van der Waals surface area contributed by atoms with Gasteiger partial charge in [-0.25, -0.2) is 0 Å². The summed E-state index contributed by atoms with van der Waals surface area (Å²) in [4.78, 5) is 12.8. The summed E-state index contributed by atoms with van der Waals surface area (Å²) in [7, 11) is 1.41. The first-order chi connectivity index (χ1) is 8.49. The average molecular weight is 355 g/mol. The van der Waals surface area contributed by atoms with Crippen LogP contribution in [0.4, 0.5) is 0 Å². The van der Waals surface area contributed by atoms with E-state index < -0.39 is 0 Å². The van der Waals surface area contributed by atoms with Crippen molar-refractivity contribution < 1.29 is 9.53 Å². The first-order valence-corrected chi connectivity index (χ1v) is 7.73. The maximum Gasteiger partial charge on any atom is 0.323 e. The van der Waals surface area contributed by atoms with E-state index in [9.17, 15) is 4.79 Å². The van der Waals surface area contributed by atoms with Crippen molar-refractivity contribution in [3.05, 3.63) is 19.8 Å². The van der Waals surface area contributed by atoms with Crippen LogP contribution in [-0.4, -0.2) is 19.1 Å². The van der Waals surface area contributed by atoms with E-state index in [2.05, 4.69) is 28.2 Å². The Balaban J connectivity index is 2.64. The van der Waals surface area contributed by atoms with Crippen LogP contribution in [-0.2, 0) is 16.1 Å². The Hall–Kier alpha value is -0.100. The van der Waals surface area contributed by atoms with Crippen molar-refractivity contribution in [1.82, 2.24) is 5.32 Å². The SMILES string of the molecule is CCC(C)C(NCc1cc(Br)c(Cl)s1)C(=O)OC. The first-order valence-electron chi connectivity index (χ1n) is 5.74. The van der Waals surface area contributed by atoms with Crippen molar-refractivity contribution in [3.63, 3.8) is 0 Å². The van der Waals surface area contributed by atoms with Gasteiger partial charge in [-0.2, -0.15) is 0 Å². The van der Waals surface area contributed by atoms with E-state index in [1.54, 1.807) is 0 Å². The van der Waals surface area contributed by atoms with E-state index in [0.717, 1.165) is 20.1 Å². The lowest BCUT2D eigenvalue weighted by atomic mass is 9.99. The summed E-state index contributed by atoms with van der Waals surface area (Å²) in [5, 5.41) is 3.23. The molecule has 0 aliphatic rings. The molecule has 18 heavy (non-hydrogen) atoms. The summed E-state index contributed by atoms with van der Waals surface area (Å²) in [6.45, 7) is 4.70. The number of nitrogens with one attached hydrogen (secondary N) is 1. The molecule has 3 nitrogen and oxygen atoms in total. The van der Waals surface area contributed by atoms with E-state index in [-0.39, 0.29) is 17.9 Å². The summed E-state index contributed by atoms with van der Waals surface area (Å²) >= 11 is 10.8. The molecule has 1 heterocycles. The highest BCUT2D eigenvalue weighted by Crippen LogP contribution is 2.31. The number of methoxy groups -OCH3 is 1. The maximum atomic E-state index is 11.7. The van der Waals surface area contributed by atoms with Gasteiger partial charge >= 0.3 is 5.97 Å². The lowest BCUT2D eigenvalue weighted by molar-refractivity contribution is -0.144. The molecule has 2 atom stereocenters. The molecular weight excluding hydrogens is 338 g/mol. The number of rotatable bonds is 6. The van der Waals surface area contributed by atoms with Crippen LogP contribution in [0.2, 0.25) is 4.34 Å². The molecule has 0 bridgehead atoms. The van der Waals surface area contributed by atoms with Gasteiger partial charge in [0.1, 0.15) is 10.4 Å². The van der Waals surface area contributed by atoms with Crippen molar-refractivity contribution in [1.29, 1.82) is 0 Å². The van der Waals surface area contributed by atoms with Gasteiger partial charge in [0, 0.05) is 15.9 Å². The molecule has 0 aliphatic carbocycles. The average Bonchev–Trinajstić information content (AvgIpc) is 2.68. The third kappa shape index (κ3) is 4.23. The molecule has 1 N–H and O–H groups in total. The third-order valence-electron chi connectivity index (χ3n) is 2.86. The van der Waals surface area contributed by atoms with Gasteiger partial charge in [0.25, 0.3) is 0 Å². The molecule has 1 rings (SSSR count). The zero-order chi connectivity index (χ0) is 13.7. The Morgan fingerprint density at radius 3 is 2.78 bits per heavy atom. The molecule has 0 radical (unpaired) electrons. The van der Waals surface area contributed by atoms with Crippen molar-refractivity contribution in [2.75, 3.05) is 7.11 Å². The molecule has 0 spiro atoms. The first kappa shape index (κ1) is 16.0. The van der Waals surface area contributed by atoms with Gasteiger partial charge in [0.2, 0.25) is 0 Å². The minimum Gasteiger partial charge on any atom is -0.468 e. The van der Waals surface area contributed by atoms with E-state index in [0.29, 0.717) is 6.54 Å². The Morgan fingerprint density at radius 2 is 2.33 bits per heavy atom. The highest BCUT2D eigenvalue weighted by molar-refractivity contribution is 9.10. The van der Waals surface area contributed by atoms with Crippen LogP contribution in [0.1, 0.15) is 25.1 Å². The monoisotopic (exact) mass is 353 g/mol. The molecule has 1 aromatic heterocycles. The normalized spacial score (nSPS) is 14.3. The van der Waals surface area contributed by atoms with Crippen LogP contribution in [0.15, 0.2) is 10.5 Å². The molecule has 0 fully saturated rings. The summed E-state index contributed by atoms with van der Waals surface area (Å²) in [5.74, 6) is 0.0161. The van der Waals surface area contributed by atoms with Crippen LogP contribution in [0, 0.1) is 5.92 Å². The van der Waals surface area contributed by atoms with E-state index in [4.69, 9.17) is 16.3 Å². The number of carbonyl (C=O) groups excluding carboxylic acids is 1. The van der Waals surface area contributed by atoms with Crippen LogP contribution < -0.4 is 5.32 Å². The van der Waals surface area contributed by atoms with Crippen molar-refractivity contribution in [2.24, 2.45) is 5.92 Å². The highest BCUT2D eigenvalue weighted by Gasteiger charge is 2.24. The quantitative estimate of drug-likeness (QED) is 0.789. The zero-order valence-corrected chi connectivity index (χ0v) is 13.8. The standard InChI is InChI=1S/C12H17BrClNO2S/c1-4-7(2)10(12(16)17-3)15-6-8-5-9(13)11(14)18-8/h5,7,10,15H,4,6H2,1-3H3. The van der Waals surface area contributed by atoms with Crippen molar-refractivity contribution in [2.45, 2.75) is 32.9 Å². The van der Waals surface area contributed by atoms with Crippen LogP contribution in [0.3, 0.4) is 0 Å². The van der Waals surface area contributed by atoms with Crippen LogP contribution in [0.25, 0.3) is 0 Å². The Bertz CT molecular complexity index is 391. The lowest BCUT2D eigenvalue weighted by Crippen LogP contribution is -2.42. The number of hydrogen-bond acceptors (Lipinski definition) is 4. The summed E-state index contributed by atoms with van der Waals surface area (Å²) in [6.07, 6.45) is 0.918. The molecule has 0 saturated carbocycles. The zero-order valence-electron chi connectivity index (χ0n) is 10.6. The molecule has 6 heteroatoms. The van der Waals surface area contributed by atoms with E-state index in [1.807, 2.05) is 13.0 Å². The molecule has 2 unspecified atom stereocenters. The second kappa shape index (κ2) is 7.48. The molecular formula is C12H17BrClNO2S. The number of thiophene rings is 1. The fraction of sp³-hybridized carbons (Fsp3) is 0.583. The fourth-order valence-electron chi connectivity index (χ4n) is 1.57. The van der Waals surface area contributed by atoms with Gasteiger partial charge in [-0.1, -0.05) is 31.9 Å². The Morgan fingerprint density at radius 1 is 1.67 bits per heavy atom. The highest BCUT2D eigenvalue weighted by atomic mass is 79.9. The Kier molecular flexibility index (Phi) is 6.63. The summed E-state index contributed by atoms with van der Waals surface area (Å²) < 4.78 is 6.44. The van der Waals surface area contributed by atoms with Gasteiger partial charge in [-0.05, 0) is 27.9 Å². The summed E-state index contributed by atoms with van der Waals surface area (Å²) in [5.41, 5.74) is 0. The van der Waals surface area contributed by atoms with E-state index in [1.165, 1.54) is 18.4 Å². The topological polar surface area (TPSA) is 38.3 Å². The van der Waals surface area contributed by atoms with Gasteiger partial charge < -0.3 is 4.74 Å². The lowest BCUT2D eigenvalue weighted by Gasteiger charge is -2.21. The molecule has 1 aromatic rings. The second-order valence-corrected chi connectivity index (χ2v) is 6.69. The number of ether oxygens (including phenoxy) is 1. The van der Waals surface area contributed by atoms with Gasteiger partial charge in [0.05, 0.1) is 7.11 Å². The van der Waals surface area contributed by atoms with E-state index >= 15 is 0 Å². The largest absolute Gasteiger partial charge is 0.468 e. The second-order valence-electron chi connectivity index (χ2n) is 4.10. The minimum atomic E-state index is -0.278. The molecule has 0 aromatic carbocycles.